The van der Waals surface area contributed by atoms with Crippen molar-refractivity contribution < 1.29 is 13.2 Å². The Labute approximate surface area is 135 Å². The Hall–Kier alpha value is -2.06. The Balaban J connectivity index is 1.63. The number of aromatic nitrogens is 2. The van der Waals surface area contributed by atoms with Crippen LogP contribution >= 0.6 is 0 Å². The normalized spacial score (nSPS) is 16.5. The highest BCUT2D eigenvalue weighted by atomic mass is 32.2. The summed E-state index contributed by atoms with van der Waals surface area (Å²) in [4.78, 5) is 2.39. The monoisotopic (exact) mass is 336 g/mol. The summed E-state index contributed by atoms with van der Waals surface area (Å²) in [5.74, 6) is 0.838. The van der Waals surface area contributed by atoms with E-state index in [9.17, 15) is 8.42 Å². The van der Waals surface area contributed by atoms with Crippen LogP contribution in [0, 0.1) is 0 Å². The Morgan fingerprint density at radius 1 is 1.30 bits per heavy atom. The van der Waals surface area contributed by atoms with E-state index in [4.69, 9.17) is 4.74 Å². The molecule has 2 heterocycles. The summed E-state index contributed by atoms with van der Waals surface area (Å²) in [6, 6.07) is 7.80. The van der Waals surface area contributed by atoms with Crippen molar-refractivity contribution in [2.24, 2.45) is 0 Å². The molecular weight excluding hydrogens is 316 g/mol. The second-order valence-electron chi connectivity index (χ2n) is 5.49. The number of anilines is 1. The van der Waals surface area contributed by atoms with Gasteiger partial charge in [-0.2, -0.15) is 5.10 Å². The summed E-state index contributed by atoms with van der Waals surface area (Å²) in [6.45, 7) is 1.55. The minimum atomic E-state index is -3.50. The molecule has 1 aliphatic rings. The van der Waals surface area contributed by atoms with Gasteiger partial charge in [-0.25, -0.2) is 13.1 Å². The smallest absolute Gasteiger partial charge is 0.243 e. The third-order valence-electron chi connectivity index (χ3n) is 4.03. The molecule has 0 radical (unpaired) electrons. The maximum absolute atomic E-state index is 12.2. The van der Waals surface area contributed by atoms with Gasteiger partial charge in [-0.05, 0) is 25.0 Å². The van der Waals surface area contributed by atoms with Gasteiger partial charge < -0.3 is 9.64 Å². The molecule has 0 amide bonds. The lowest BCUT2D eigenvalue weighted by molar-refractivity contribution is 0.408. The fourth-order valence-electron chi connectivity index (χ4n) is 2.80. The van der Waals surface area contributed by atoms with Gasteiger partial charge in [0.15, 0.2) is 0 Å². The van der Waals surface area contributed by atoms with Gasteiger partial charge in [0.05, 0.1) is 19.0 Å². The number of rotatable bonds is 5. The second-order valence-corrected chi connectivity index (χ2v) is 7.20. The molecule has 1 aliphatic heterocycles. The van der Waals surface area contributed by atoms with E-state index in [2.05, 4.69) is 19.8 Å². The quantitative estimate of drug-likeness (QED) is 0.861. The molecule has 1 aromatic carbocycles. The lowest BCUT2D eigenvalue weighted by atomic mass is 10.1. The molecular formula is C15H20N4O3S. The lowest BCUT2D eigenvalue weighted by Gasteiger charge is -2.34. The number of H-pyrrole nitrogens is 1. The fourth-order valence-corrected chi connectivity index (χ4v) is 4.01. The number of para-hydroxylation sites is 2. The lowest BCUT2D eigenvalue weighted by Crippen LogP contribution is -2.44. The van der Waals surface area contributed by atoms with Crippen molar-refractivity contribution in [2.75, 3.05) is 25.1 Å². The maximum Gasteiger partial charge on any atom is 0.243 e. The molecule has 2 aromatic rings. The van der Waals surface area contributed by atoms with Crippen LogP contribution in [-0.4, -0.2) is 44.9 Å². The van der Waals surface area contributed by atoms with Gasteiger partial charge in [0.1, 0.15) is 10.6 Å². The molecule has 3 rings (SSSR count). The number of ether oxygens (including phenoxy) is 1. The molecule has 124 valence electrons. The van der Waals surface area contributed by atoms with Crippen molar-refractivity contribution in [3.63, 3.8) is 0 Å². The number of nitrogens with zero attached hydrogens (tertiary/aromatic N) is 2. The zero-order valence-electron chi connectivity index (χ0n) is 12.9. The number of hydrogen-bond acceptors (Lipinski definition) is 5. The second kappa shape index (κ2) is 6.59. The topological polar surface area (TPSA) is 87.3 Å². The Morgan fingerprint density at radius 3 is 2.70 bits per heavy atom. The fraction of sp³-hybridized carbons (Fsp3) is 0.400. The van der Waals surface area contributed by atoms with Crippen LogP contribution in [0.1, 0.15) is 12.8 Å². The third kappa shape index (κ3) is 3.48. The minimum Gasteiger partial charge on any atom is -0.495 e. The highest BCUT2D eigenvalue weighted by Crippen LogP contribution is 2.30. The van der Waals surface area contributed by atoms with Crippen molar-refractivity contribution in [2.45, 2.75) is 23.8 Å². The number of piperidine rings is 1. The standard InChI is InChI=1S/C15H20N4O3S/c1-22-15-5-3-2-4-14(15)19-8-6-12(7-9-19)18-23(20,21)13-10-16-17-11-13/h2-5,10-12,18H,6-9H2,1H3,(H,16,17). The van der Waals surface area contributed by atoms with Crippen molar-refractivity contribution in [1.82, 2.24) is 14.9 Å². The van der Waals surface area contributed by atoms with E-state index >= 15 is 0 Å². The van der Waals surface area contributed by atoms with Gasteiger partial charge in [-0.15, -0.1) is 0 Å². The van der Waals surface area contributed by atoms with Crippen LogP contribution in [0.5, 0.6) is 5.75 Å². The van der Waals surface area contributed by atoms with Gasteiger partial charge in [0.25, 0.3) is 0 Å². The minimum absolute atomic E-state index is 0.0687. The number of sulfonamides is 1. The predicted octanol–water partition coefficient (Wildman–Crippen LogP) is 1.37. The van der Waals surface area contributed by atoms with Crippen LogP contribution < -0.4 is 14.4 Å². The number of aromatic amines is 1. The first-order chi connectivity index (χ1) is 11.1. The summed E-state index contributed by atoms with van der Waals surface area (Å²) in [6.07, 6.45) is 4.18. The van der Waals surface area contributed by atoms with E-state index < -0.39 is 10.0 Å². The largest absolute Gasteiger partial charge is 0.495 e. The third-order valence-corrected chi connectivity index (χ3v) is 5.51. The molecule has 7 nitrogen and oxygen atoms in total. The molecule has 0 spiro atoms. The first kappa shape index (κ1) is 15.8. The number of benzene rings is 1. The van der Waals surface area contributed by atoms with E-state index in [0.717, 1.165) is 37.4 Å². The van der Waals surface area contributed by atoms with Crippen LogP contribution in [-0.2, 0) is 10.0 Å². The van der Waals surface area contributed by atoms with Gasteiger partial charge in [0.2, 0.25) is 10.0 Å². The molecule has 1 saturated heterocycles. The van der Waals surface area contributed by atoms with Crippen molar-refractivity contribution in [1.29, 1.82) is 0 Å². The Bertz CT molecular complexity index is 738. The molecule has 0 aliphatic carbocycles. The zero-order chi connectivity index (χ0) is 16.3. The zero-order valence-corrected chi connectivity index (χ0v) is 13.7. The number of methoxy groups -OCH3 is 1. The van der Waals surface area contributed by atoms with Gasteiger partial charge in [-0.1, -0.05) is 12.1 Å². The van der Waals surface area contributed by atoms with Crippen molar-refractivity contribution in [3.8, 4) is 5.75 Å². The first-order valence-corrected chi connectivity index (χ1v) is 8.97. The highest BCUT2D eigenvalue weighted by molar-refractivity contribution is 7.89. The number of nitrogens with one attached hydrogen (secondary N) is 2. The van der Waals surface area contributed by atoms with Crippen LogP contribution in [0.4, 0.5) is 5.69 Å². The SMILES string of the molecule is COc1ccccc1N1CCC(NS(=O)(=O)c2cn[nH]c2)CC1. The average molecular weight is 336 g/mol. The van der Waals surface area contributed by atoms with E-state index in [1.54, 1.807) is 7.11 Å². The molecule has 0 unspecified atom stereocenters. The Kier molecular flexibility index (Phi) is 4.53. The van der Waals surface area contributed by atoms with Crippen LogP contribution in [0.3, 0.4) is 0 Å². The predicted molar refractivity (Wildman–Crippen MR) is 87.1 cm³/mol. The van der Waals surface area contributed by atoms with Crippen LogP contribution in [0.15, 0.2) is 41.6 Å². The maximum atomic E-state index is 12.2. The summed E-state index contributed by atoms with van der Waals surface area (Å²) in [5.41, 5.74) is 1.05. The van der Waals surface area contributed by atoms with Crippen molar-refractivity contribution >= 4 is 15.7 Å². The molecule has 0 atom stereocenters. The van der Waals surface area contributed by atoms with E-state index in [1.165, 1.54) is 12.4 Å². The summed E-state index contributed by atoms with van der Waals surface area (Å²) >= 11 is 0. The van der Waals surface area contributed by atoms with E-state index in [0.29, 0.717) is 0 Å². The summed E-state index contributed by atoms with van der Waals surface area (Å²) in [5, 5.41) is 6.21. The number of hydrogen-bond donors (Lipinski definition) is 2. The van der Waals surface area contributed by atoms with Crippen molar-refractivity contribution in [3.05, 3.63) is 36.7 Å². The van der Waals surface area contributed by atoms with Crippen LogP contribution in [0.2, 0.25) is 0 Å². The highest BCUT2D eigenvalue weighted by Gasteiger charge is 2.26. The molecule has 8 heteroatoms. The van der Waals surface area contributed by atoms with E-state index in [-0.39, 0.29) is 10.9 Å². The first-order valence-electron chi connectivity index (χ1n) is 7.49. The molecule has 23 heavy (non-hydrogen) atoms. The van der Waals surface area contributed by atoms with Gasteiger partial charge in [0, 0.05) is 25.3 Å². The molecule has 1 fully saturated rings. The van der Waals surface area contributed by atoms with Gasteiger partial charge in [-0.3, -0.25) is 5.10 Å². The molecule has 2 N–H and O–H groups in total. The average Bonchev–Trinajstić information content (AvgIpc) is 3.11. The van der Waals surface area contributed by atoms with E-state index in [1.807, 2.05) is 24.3 Å². The summed E-state index contributed by atoms with van der Waals surface area (Å²) < 4.78 is 32.6. The molecule has 0 saturated carbocycles. The molecule has 0 bridgehead atoms. The summed E-state index contributed by atoms with van der Waals surface area (Å²) in [7, 11) is -1.84. The molecule has 1 aromatic heterocycles. The van der Waals surface area contributed by atoms with Crippen LogP contribution in [0.25, 0.3) is 0 Å². The Morgan fingerprint density at radius 2 is 2.04 bits per heavy atom. The van der Waals surface area contributed by atoms with Gasteiger partial charge >= 0.3 is 0 Å².